The van der Waals surface area contributed by atoms with Crippen LogP contribution < -0.4 is 0 Å². The molecule has 1 aromatic carbocycles. The minimum atomic E-state index is 0.326. The van der Waals surface area contributed by atoms with Crippen LogP contribution in [0.25, 0.3) is 0 Å². The number of fused-ring (bicyclic) bond motifs is 1. The second-order valence-corrected chi connectivity index (χ2v) is 8.52. The van der Waals surface area contributed by atoms with Gasteiger partial charge >= 0.3 is 0 Å². The van der Waals surface area contributed by atoms with Crippen LogP contribution in [-0.4, -0.2) is 20.8 Å². The molecule has 1 aromatic rings. The Labute approximate surface area is 147 Å². The van der Waals surface area contributed by atoms with Gasteiger partial charge in [0.05, 0.1) is 0 Å². The molecule has 1 N–H and O–H groups in total. The van der Waals surface area contributed by atoms with Crippen molar-refractivity contribution in [1.82, 2.24) is 3.11 Å². The lowest BCUT2D eigenvalue weighted by Gasteiger charge is -2.58. The zero-order chi connectivity index (χ0) is 15.3. The molecule has 3 heteroatoms. The molecule has 0 spiro atoms. The number of rotatable bonds is 2. The zero-order valence-electron chi connectivity index (χ0n) is 13.0. The van der Waals surface area contributed by atoms with Crippen molar-refractivity contribution in [3.63, 3.8) is 0 Å². The quantitative estimate of drug-likeness (QED) is 0.441. The Hall–Kier alpha value is -0.550. The molecule has 1 heterocycles. The summed E-state index contributed by atoms with van der Waals surface area (Å²) in [5.41, 5.74) is 4.62. The van der Waals surface area contributed by atoms with Gasteiger partial charge in [0.25, 0.3) is 0 Å². The van der Waals surface area contributed by atoms with Crippen LogP contribution in [0.1, 0.15) is 48.8 Å². The van der Waals surface area contributed by atoms with Crippen molar-refractivity contribution in [2.75, 3.05) is 6.54 Å². The van der Waals surface area contributed by atoms with Crippen molar-refractivity contribution in [2.45, 2.75) is 56.4 Å². The van der Waals surface area contributed by atoms with Crippen molar-refractivity contribution in [3.05, 3.63) is 41.5 Å². The molecule has 22 heavy (non-hydrogen) atoms. The topological polar surface area (TPSA) is 23.5 Å². The highest BCUT2D eigenvalue weighted by molar-refractivity contribution is 14.1. The molecule has 0 aromatic heterocycles. The second-order valence-electron chi connectivity index (χ2n) is 7.28. The summed E-state index contributed by atoms with van der Waals surface area (Å²) in [6.07, 6.45) is 10.6. The highest BCUT2D eigenvalue weighted by Gasteiger charge is 2.53. The maximum atomic E-state index is 10.3. The average Bonchev–Trinajstić information content (AvgIpc) is 2.52. The number of phenolic OH excluding ortho intramolecular Hbond substituents is 1. The molecule has 2 aliphatic carbocycles. The SMILES string of the molecule is C=CCc1cc(O)cc2c1C[C@@H]1[C@@H]3CCCC[C@]23CCN1I. The van der Waals surface area contributed by atoms with E-state index in [9.17, 15) is 5.11 Å². The predicted octanol–water partition coefficient (Wildman–Crippen LogP) is 4.53. The van der Waals surface area contributed by atoms with Crippen LogP contribution in [0.2, 0.25) is 0 Å². The summed E-state index contributed by atoms with van der Waals surface area (Å²) in [6.45, 7) is 5.10. The fraction of sp³-hybridized carbons (Fsp3) is 0.579. The molecule has 0 unspecified atom stereocenters. The Morgan fingerprint density at radius 1 is 1.36 bits per heavy atom. The summed E-state index contributed by atoms with van der Waals surface area (Å²) >= 11 is 2.55. The van der Waals surface area contributed by atoms with Crippen molar-refractivity contribution in [1.29, 1.82) is 0 Å². The highest BCUT2D eigenvalue weighted by atomic mass is 127. The zero-order valence-corrected chi connectivity index (χ0v) is 15.2. The maximum absolute atomic E-state index is 10.3. The fourth-order valence-corrected chi connectivity index (χ4v) is 6.29. The Kier molecular flexibility index (Phi) is 3.76. The molecule has 3 aliphatic rings. The first-order valence-electron chi connectivity index (χ1n) is 8.54. The Morgan fingerprint density at radius 2 is 2.23 bits per heavy atom. The summed E-state index contributed by atoms with van der Waals surface area (Å²) in [5.74, 6) is 1.22. The van der Waals surface area contributed by atoms with E-state index >= 15 is 0 Å². The molecule has 2 nitrogen and oxygen atoms in total. The van der Waals surface area contributed by atoms with Crippen LogP contribution in [0.15, 0.2) is 24.8 Å². The molecule has 0 amide bonds. The number of hydrogen-bond acceptors (Lipinski definition) is 2. The monoisotopic (exact) mass is 409 g/mol. The van der Waals surface area contributed by atoms with Gasteiger partial charge in [0.15, 0.2) is 0 Å². The Balaban J connectivity index is 1.92. The number of hydrogen-bond donors (Lipinski definition) is 1. The molecule has 118 valence electrons. The lowest BCUT2D eigenvalue weighted by atomic mass is 9.52. The van der Waals surface area contributed by atoms with E-state index in [0.717, 1.165) is 18.8 Å². The van der Waals surface area contributed by atoms with Gasteiger partial charge in [-0.25, -0.2) is 3.11 Å². The van der Waals surface area contributed by atoms with Gasteiger partial charge in [-0.2, -0.15) is 0 Å². The van der Waals surface area contributed by atoms with E-state index in [1.54, 1.807) is 0 Å². The van der Waals surface area contributed by atoms with E-state index in [0.29, 0.717) is 17.2 Å². The van der Waals surface area contributed by atoms with E-state index in [4.69, 9.17) is 0 Å². The summed E-state index contributed by atoms with van der Waals surface area (Å²) in [6, 6.07) is 4.74. The first-order valence-corrected chi connectivity index (χ1v) is 9.51. The molecule has 2 bridgehead atoms. The van der Waals surface area contributed by atoms with Crippen LogP contribution >= 0.6 is 22.9 Å². The number of nitrogens with zero attached hydrogens (tertiary/aromatic N) is 1. The van der Waals surface area contributed by atoms with Crippen molar-refractivity contribution in [2.24, 2.45) is 5.92 Å². The molecule has 2 fully saturated rings. The maximum Gasteiger partial charge on any atom is 0.116 e. The summed E-state index contributed by atoms with van der Waals surface area (Å²) in [5, 5.41) is 10.3. The van der Waals surface area contributed by atoms with E-state index in [-0.39, 0.29) is 0 Å². The van der Waals surface area contributed by atoms with Gasteiger partial charge in [0.2, 0.25) is 0 Å². The van der Waals surface area contributed by atoms with E-state index in [1.807, 2.05) is 12.1 Å². The van der Waals surface area contributed by atoms with Crippen LogP contribution in [0.5, 0.6) is 5.75 Å². The smallest absolute Gasteiger partial charge is 0.116 e. The number of allylic oxidation sites excluding steroid dienone is 1. The van der Waals surface area contributed by atoms with Crippen molar-refractivity contribution < 1.29 is 5.11 Å². The Bertz CT molecular complexity index is 614. The van der Waals surface area contributed by atoms with Gasteiger partial charge in [-0.3, -0.25) is 0 Å². The standard InChI is InChI=1S/C19H24INO/c1-2-5-13-10-14(22)11-17-15(13)12-18-16-6-3-4-7-19(16,17)8-9-21(18)20/h2,10-11,16,18,22H,1,3-9,12H2/t16-,18+,19+/m0/s1. The van der Waals surface area contributed by atoms with E-state index in [2.05, 4.69) is 38.6 Å². The highest BCUT2D eigenvalue weighted by Crippen LogP contribution is 2.57. The van der Waals surface area contributed by atoms with Crippen molar-refractivity contribution >= 4 is 22.9 Å². The first kappa shape index (κ1) is 15.0. The number of piperidine rings is 1. The van der Waals surface area contributed by atoms with E-state index < -0.39 is 0 Å². The van der Waals surface area contributed by atoms with Crippen LogP contribution in [0.3, 0.4) is 0 Å². The van der Waals surface area contributed by atoms with Crippen molar-refractivity contribution in [3.8, 4) is 5.75 Å². The number of halogens is 1. The molecular formula is C19H24INO. The third-order valence-electron chi connectivity index (χ3n) is 6.33. The van der Waals surface area contributed by atoms with Crippen LogP contribution in [-0.2, 0) is 18.3 Å². The van der Waals surface area contributed by atoms with Crippen LogP contribution in [0.4, 0.5) is 0 Å². The van der Waals surface area contributed by atoms with Crippen LogP contribution in [0, 0.1) is 5.92 Å². The fourth-order valence-electron chi connectivity index (χ4n) is 5.46. The molecule has 4 rings (SSSR count). The Morgan fingerprint density at radius 3 is 3.05 bits per heavy atom. The van der Waals surface area contributed by atoms with Gasteiger partial charge in [-0.1, -0.05) is 18.9 Å². The lowest BCUT2D eigenvalue weighted by Crippen LogP contribution is -2.58. The summed E-state index contributed by atoms with van der Waals surface area (Å²) in [7, 11) is 0. The minimum absolute atomic E-state index is 0.326. The molecule has 1 saturated carbocycles. The molecule has 1 aliphatic heterocycles. The molecule has 3 atom stereocenters. The van der Waals surface area contributed by atoms with Gasteiger partial charge in [-0.05, 0) is 66.8 Å². The minimum Gasteiger partial charge on any atom is -0.508 e. The van der Waals surface area contributed by atoms with Gasteiger partial charge in [-0.15, -0.1) is 6.58 Å². The predicted molar refractivity (Wildman–Crippen MR) is 98.5 cm³/mol. The second kappa shape index (κ2) is 5.52. The summed E-state index contributed by atoms with van der Waals surface area (Å²) in [4.78, 5) is 0. The van der Waals surface area contributed by atoms with Gasteiger partial charge in [0, 0.05) is 40.9 Å². The van der Waals surface area contributed by atoms with Gasteiger partial charge < -0.3 is 5.11 Å². The number of benzene rings is 1. The molecule has 1 saturated heterocycles. The number of aromatic hydroxyl groups is 1. The third kappa shape index (κ3) is 2.08. The van der Waals surface area contributed by atoms with E-state index in [1.165, 1.54) is 55.3 Å². The molecule has 0 radical (unpaired) electrons. The average molecular weight is 409 g/mol. The number of phenols is 1. The molecular weight excluding hydrogens is 385 g/mol. The largest absolute Gasteiger partial charge is 0.508 e. The lowest BCUT2D eigenvalue weighted by molar-refractivity contribution is 0.0445. The third-order valence-corrected chi connectivity index (χ3v) is 7.53. The normalized spacial score (nSPS) is 33.9. The summed E-state index contributed by atoms with van der Waals surface area (Å²) < 4.78 is 2.57. The van der Waals surface area contributed by atoms with Gasteiger partial charge in [0.1, 0.15) is 5.75 Å². The first-order chi connectivity index (χ1) is 10.7.